The van der Waals surface area contributed by atoms with Crippen LogP contribution >= 0.6 is 23.5 Å². The fraction of sp³-hybridized carbons (Fsp3) is 0.0645. The number of aromatic amines is 1. The summed E-state index contributed by atoms with van der Waals surface area (Å²) in [6, 6.07) is 31.8. The lowest BCUT2D eigenvalue weighted by Gasteiger charge is -2.06. The Kier molecular flexibility index (Phi) is 8.65. The number of carbonyl (C=O) groups is 2. The van der Waals surface area contributed by atoms with Gasteiger partial charge < -0.3 is 15.6 Å². The number of anilines is 2. The Hall–Kier alpha value is -5.87. The standard InChI is InChI=1S/C31H24N12O2S2/c44-27(18-46-30-36-38-40-42(30)23-7-3-1-4-8-23)32-21-13-11-20(12-14-21)29-34-25-16-15-22(17-26(25)35-29)33-28(45)19-47-31-37-39-41-43(31)24-9-5-2-6-10-24/h1-17H,18-19H2,(H,32,44)(H,33,45)(H,34,35). The van der Waals surface area contributed by atoms with Crippen LogP contribution in [0, 0.1) is 0 Å². The second-order valence-electron chi connectivity index (χ2n) is 9.99. The molecule has 0 aliphatic carbocycles. The highest BCUT2D eigenvalue weighted by atomic mass is 32.2. The first-order valence-electron chi connectivity index (χ1n) is 14.2. The minimum absolute atomic E-state index is 0.132. The van der Waals surface area contributed by atoms with Crippen molar-refractivity contribution in [3.05, 3.63) is 103 Å². The number of carbonyl (C=O) groups excluding carboxylic acids is 2. The molecule has 7 rings (SSSR count). The average Bonchev–Trinajstić information content (AvgIpc) is 3.87. The van der Waals surface area contributed by atoms with E-state index in [0.717, 1.165) is 28.0 Å². The summed E-state index contributed by atoms with van der Waals surface area (Å²) in [7, 11) is 0. The van der Waals surface area contributed by atoms with E-state index in [1.165, 1.54) is 23.5 Å². The summed E-state index contributed by atoms with van der Waals surface area (Å²) < 4.78 is 3.19. The quantitative estimate of drug-likeness (QED) is 0.165. The van der Waals surface area contributed by atoms with Crippen molar-refractivity contribution in [3.63, 3.8) is 0 Å². The zero-order valence-corrected chi connectivity index (χ0v) is 26.0. The molecule has 0 saturated carbocycles. The zero-order chi connectivity index (χ0) is 32.0. The van der Waals surface area contributed by atoms with Crippen molar-refractivity contribution in [2.24, 2.45) is 0 Å². The van der Waals surface area contributed by atoms with Crippen LogP contribution < -0.4 is 10.6 Å². The van der Waals surface area contributed by atoms with Crippen molar-refractivity contribution in [2.75, 3.05) is 22.1 Å². The fourth-order valence-corrected chi connectivity index (χ4v) is 5.97. The van der Waals surface area contributed by atoms with Crippen molar-refractivity contribution in [1.29, 1.82) is 0 Å². The van der Waals surface area contributed by atoms with Gasteiger partial charge in [-0.15, -0.1) is 10.2 Å². The van der Waals surface area contributed by atoms with Crippen LogP contribution in [0.25, 0.3) is 33.8 Å². The summed E-state index contributed by atoms with van der Waals surface area (Å²) in [5.74, 6) is 0.558. The topological polar surface area (TPSA) is 174 Å². The van der Waals surface area contributed by atoms with Crippen LogP contribution in [0.1, 0.15) is 0 Å². The van der Waals surface area contributed by atoms with Crippen molar-refractivity contribution in [3.8, 4) is 22.8 Å². The molecule has 4 aromatic carbocycles. The molecule has 0 fully saturated rings. The van der Waals surface area contributed by atoms with E-state index in [4.69, 9.17) is 0 Å². The highest BCUT2D eigenvalue weighted by Gasteiger charge is 2.14. The molecule has 14 nitrogen and oxygen atoms in total. The van der Waals surface area contributed by atoms with E-state index in [1.807, 2.05) is 97.1 Å². The summed E-state index contributed by atoms with van der Waals surface area (Å²) in [6.07, 6.45) is 0. The van der Waals surface area contributed by atoms with Crippen LogP contribution in [0.4, 0.5) is 11.4 Å². The molecule has 0 atom stereocenters. The summed E-state index contributed by atoms with van der Waals surface area (Å²) in [5, 5.41) is 30.4. The Bertz CT molecular complexity index is 2150. The smallest absolute Gasteiger partial charge is 0.234 e. The van der Waals surface area contributed by atoms with Gasteiger partial charge >= 0.3 is 0 Å². The maximum Gasteiger partial charge on any atom is 0.234 e. The zero-order valence-electron chi connectivity index (χ0n) is 24.4. The number of thioether (sulfide) groups is 2. The molecule has 0 saturated heterocycles. The number of aromatic nitrogens is 10. The SMILES string of the molecule is O=C(CSc1nnnn1-c1ccccc1)Nc1ccc(-c2nc3ccc(NC(=O)CSc4nnnn4-c4ccccc4)cc3[nH]2)cc1. The van der Waals surface area contributed by atoms with E-state index in [2.05, 4.69) is 51.7 Å². The molecule has 0 bridgehead atoms. The van der Waals surface area contributed by atoms with Gasteiger partial charge in [0.2, 0.25) is 22.1 Å². The molecule has 0 unspecified atom stereocenters. The van der Waals surface area contributed by atoms with Crippen LogP contribution in [-0.4, -0.2) is 73.7 Å². The molecule has 7 aromatic rings. The van der Waals surface area contributed by atoms with Gasteiger partial charge in [0.05, 0.1) is 33.9 Å². The Morgan fingerprint density at radius 2 is 1.19 bits per heavy atom. The van der Waals surface area contributed by atoms with Gasteiger partial charge in [0.15, 0.2) is 0 Å². The molecule has 0 aliphatic rings. The molecule has 3 heterocycles. The van der Waals surface area contributed by atoms with Gasteiger partial charge in [0.1, 0.15) is 5.82 Å². The number of nitrogens with zero attached hydrogens (tertiary/aromatic N) is 9. The largest absolute Gasteiger partial charge is 0.338 e. The van der Waals surface area contributed by atoms with E-state index >= 15 is 0 Å². The normalized spacial score (nSPS) is 11.1. The lowest BCUT2D eigenvalue weighted by molar-refractivity contribution is -0.114. The molecule has 232 valence electrons. The lowest BCUT2D eigenvalue weighted by Crippen LogP contribution is -2.14. The van der Waals surface area contributed by atoms with Gasteiger partial charge in [-0.05, 0) is 87.6 Å². The van der Waals surface area contributed by atoms with Gasteiger partial charge in [0.25, 0.3) is 0 Å². The molecule has 47 heavy (non-hydrogen) atoms. The second kappa shape index (κ2) is 13.6. The third-order valence-corrected chi connectivity index (χ3v) is 8.59. The van der Waals surface area contributed by atoms with Crippen molar-refractivity contribution in [2.45, 2.75) is 10.3 Å². The Labute approximate surface area is 275 Å². The number of H-pyrrole nitrogens is 1. The molecule has 0 spiro atoms. The number of rotatable bonds is 11. The molecule has 2 amide bonds. The van der Waals surface area contributed by atoms with Crippen molar-refractivity contribution >= 4 is 57.7 Å². The lowest BCUT2D eigenvalue weighted by atomic mass is 10.2. The van der Waals surface area contributed by atoms with Crippen molar-refractivity contribution < 1.29 is 9.59 Å². The summed E-state index contributed by atoms with van der Waals surface area (Å²) in [5.41, 5.74) is 5.28. The van der Waals surface area contributed by atoms with Crippen LogP contribution in [-0.2, 0) is 9.59 Å². The molecular formula is C31H24N12O2S2. The number of amides is 2. The summed E-state index contributed by atoms with van der Waals surface area (Å²) in [4.78, 5) is 33.4. The highest BCUT2D eigenvalue weighted by molar-refractivity contribution is 8.00. The molecule has 0 radical (unpaired) electrons. The first kappa shape index (κ1) is 29.8. The number of hydrogen-bond donors (Lipinski definition) is 3. The monoisotopic (exact) mass is 660 g/mol. The number of fused-ring (bicyclic) bond motifs is 1. The van der Waals surface area contributed by atoms with Crippen LogP contribution in [0.2, 0.25) is 0 Å². The molecule has 0 aliphatic heterocycles. The van der Waals surface area contributed by atoms with E-state index in [1.54, 1.807) is 15.4 Å². The highest BCUT2D eigenvalue weighted by Crippen LogP contribution is 2.25. The second-order valence-corrected chi connectivity index (χ2v) is 11.9. The maximum atomic E-state index is 12.7. The maximum absolute atomic E-state index is 12.7. The van der Waals surface area contributed by atoms with E-state index in [0.29, 0.717) is 27.5 Å². The Morgan fingerprint density at radius 1 is 0.660 bits per heavy atom. The van der Waals surface area contributed by atoms with Crippen LogP contribution in [0.15, 0.2) is 113 Å². The first-order valence-corrected chi connectivity index (χ1v) is 16.2. The number of benzene rings is 4. The van der Waals surface area contributed by atoms with Crippen molar-refractivity contribution in [1.82, 2.24) is 50.4 Å². The Morgan fingerprint density at radius 3 is 1.77 bits per heavy atom. The molecular weight excluding hydrogens is 637 g/mol. The van der Waals surface area contributed by atoms with E-state index in [-0.39, 0.29) is 23.3 Å². The molecule has 16 heteroatoms. The van der Waals surface area contributed by atoms with Crippen LogP contribution in [0.3, 0.4) is 0 Å². The van der Waals surface area contributed by atoms with E-state index in [9.17, 15) is 9.59 Å². The number of imidazole rings is 1. The predicted octanol–water partition coefficient (Wildman–Crippen LogP) is 4.64. The van der Waals surface area contributed by atoms with Crippen LogP contribution in [0.5, 0.6) is 0 Å². The number of hydrogen-bond acceptors (Lipinski definition) is 11. The van der Waals surface area contributed by atoms with E-state index < -0.39 is 0 Å². The minimum Gasteiger partial charge on any atom is -0.338 e. The van der Waals surface area contributed by atoms with Gasteiger partial charge in [-0.3, -0.25) is 9.59 Å². The number of para-hydroxylation sites is 2. The average molecular weight is 661 g/mol. The first-order chi connectivity index (χ1) is 23.1. The van der Waals surface area contributed by atoms with Gasteiger partial charge in [-0.2, -0.15) is 9.36 Å². The summed E-state index contributed by atoms with van der Waals surface area (Å²) >= 11 is 2.49. The Balaban J connectivity index is 0.936. The fourth-order valence-electron chi connectivity index (χ4n) is 4.59. The summed E-state index contributed by atoms with van der Waals surface area (Å²) in [6.45, 7) is 0. The minimum atomic E-state index is -0.192. The van der Waals surface area contributed by atoms with Gasteiger partial charge in [-0.1, -0.05) is 59.9 Å². The molecule has 3 aromatic heterocycles. The van der Waals surface area contributed by atoms with Gasteiger partial charge in [-0.25, -0.2) is 4.98 Å². The number of nitrogens with one attached hydrogen (secondary N) is 3. The van der Waals surface area contributed by atoms with Gasteiger partial charge in [0, 0.05) is 16.9 Å². The third kappa shape index (κ3) is 7.03. The molecule has 3 N–H and O–H groups in total. The number of tetrazole rings is 2. The third-order valence-electron chi connectivity index (χ3n) is 6.76. The predicted molar refractivity (Wildman–Crippen MR) is 179 cm³/mol.